The van der Waals surface area contributed by atoms with E-state index in [0.717, 1.165) is 90.2 Å². The van der Waals surface area contributed by atoms with Crippen LogP contribution in [-0.2, 0) is 0 Å². The van der Waals surface area contributed by atoms with Crippen molar-refractivity contribution in [2.24, 2.45) is 20.0 Å². The van der Waals surface area contributed by atoms with Crippen LogP contribution in [0.25, 0.3) is 24.3 Å². The smallest absolute Gasteiger partial charge is 0.0810 e. The molecule has 0 spiro atoms. The predicted octanol–water partition coefficient (Wildman–Crippen LogP) is 11.9. The van der Waals surface area contributed by atoms with Crippen LogP contribution in [0.2, 0.25) is 0 Å². The monoisotopic (exact) mass is 716 g/mol. The molecule has 5 aliphatic rings. The Labute approximate surface area is 327 Å². The Morgan fingerprint density at radius 2 is 0.768 bits per heavy atom. The molecule has 0 radical (unpaired) electrons. The van der Waals surface area contributed by atoms with Gasteiger partial charge >= 0.3 is 0 Å². The summed E-state index contributed by atoms with van der Waals surface area (Å²) in [4.78, 5) is 20.7. The summed E-state index contributed by atoms with van der Waals surface area (Å²) in [5.41, 5.74) is 14.8. The second kappa shape index (κ2) is 15.8. The van der Waals surface area contributed by atoms with Crippen LogP contribution >= 0.6 is 0 Å². The van der Waals surface area contributed by atoms with Crippen LogP contribution in [0.1, 0.15) is 22.3 Å². The van der Waals surface area contributed by atoms with Crippen LogP contribution in [0.5, 0.6) is 0 Å². The van der Waals surface area contributed by atoms with Gasteiger partial charge in [0.15, 0.2) is 0 Å². The summed E-state index contributed by atoms with van der Waals surface area (Å²) in [5.74, 6) is 0. The number of fused-ring (bicyclic) bond motifs is 4. The Hall–Kier alpha value is -7.56. The zero-order valence-electron chi connectivity index (χ0n) is 30.6. The van der Waals surface area contributed by atoms with Crippen LogP contribution in [0, 0.1) is 0 Å². The highest BCUT2D eigenvalue weighted by Crippen LogP contribution is 2.37. The lowest BCUT2D eigenvalue weighted by atomic mass is 9.94. The van der Waals surface area contributed by atoms with E-state index in [1.807, 2.05) is 60.7 Å². The number of benzene rings is 4. The largest absolute Gasteiger partial charge is 0.249 e. The minimum atomic E-state index is 0.813. The molecule has 56 heavy (non-hydrogen) atoms. The number of hydrogen-bond donors (Lipinski definition) is 0. The minimum absolute atomic E-state index is 0.813. The minimum Gasteiger partial charge on any atom is -0.249 e. The molecule has 0 saturated heterocycles. The van der Waals surface area contributed by atoms with E-state index >= 15 is 0 Å². The zero-order valence-corrected chi connectivity index (χ0v) is 30.6. The maximum atomic E-state index is 5.51. The molecule has 5 aliphatic heterocycles. The van der Waals surface area contributed by atoms with Gasteiger partial charge in [-0.2, -0.15) is 0 Å². The first kappa shape index (κ1) is 34.2. The van der Waals surface area contributed by atoms with Gasteiger partial charge in [0.25, 0.3) is 0 Å². The lowest BCUT2D eigenvalue weighted by Gasteiger charge is -2.10. The average molecular weight is 717 g/mol. The molecular weight excluding hydrogens is 681 g/mol. The third-order valence-corrected chi connectivity index (χ3v) is 9.60. The molecule has 0 atom stereocenters. The summed E-state index contributed by atoms with van der Waals surface area (Å²) < 4.78 is 0. The standard InChI is InChI=1S/C52H36N4/c1-5-13-37(14-6-1)21-25-41-33-46-35-44-27-26-42(53-44)34-43-28-29-45(54-43)36-50-47(30-22-38-15-7-2-8-16-38)48(31-23-39-17-9-3-10-18-39)52(56-50)49(51(41)55-46)32-24-40-19-11-4-12-20-40/h1-36H. The van der Waals surface area contributed by atoms with Crippen molar-refractivity contribution in [3.63, 3.8) is 0 Å². The first-order valence-electron chi connectivity index (χ1n) is 18.7. The van der Waals surface area contributed by atoms with Gasteiger partial charge in [0, 0.05) is 22.3 Å². The van der Waals surface area contributed by atoms with Crippen molar-refractivity contribution in [1.82, 2.24) is 0 Å². The van der Waals surface area contributed by atoms with Gasteiger partial charge in [-0.15, -0.1) is 0 Å². The van der Waals surface area contributed by atoms with E-state index < -0.39 is 0 Å². The predicted molar refractivity (Wildman–Crippen MR) is 236 cm³/mol. The molecule has 4 aromatic carbocycles. The fourth-order valence-corrected chi connectivity index (χ4v) is 6.84. The number of nitrogens with zero attached hydrogens (tertiary/aromatic N) is 4. The molecule has 0 aromatic heterocycles. The highest BCUT2D eigenvalue weighted by Gasteiger charge is 2.27. The lowest BCUT2D eigenvalue weighted by Crippen LogP contribution is -2.05. The Bertz CT molecular complexity index is 2710. The van der Waals surface area contributed by atoms with E-state index in [-0.39, 0.29) is 0 Å². The van der Waals surface area contributed by atoms with Crippen molar-refractivity contribution in [2.45, 2.75) is 0 Å². The fourth-order valence-electron chi connectivity index (χ4n) is 6.84. The van der Waals surface area contributed by atoms with Crippen LogP contribution < -0.4 is 0 Å². The van der Waals surface area contributed by atoms with Gasteiger partial charge in [0.2, 0.25) is 0 Å². The van der Waals surface area contributed by atoms with Gasteiger partial charge in [0.05, 0.1) is 45.6 Å². The zero-order chi connectivity index (χ0) is 37.5. The number of rotatable bonds is 8. The number of hydrogen-bond acceptors (Lipinski definition) is 4. The van der Waals surface area contributed by atoms with Gasteiger partial charge in [-0.05, 0) is 76.9 Å². The third-order valence-electron chi connectivity index (χ3n) is 9.60. The van der Waals surface area contributed by atoms with E-state index in [1.165, 1.54) is 0 Å². The topological polar surface area (TPSA) is 49.4 Å². The summed E-state index contributed by atoms with van der Waals surface area (Å²) in [5, 5.41) is 0. The molecule has 0 fully saturated rings. The molecule has 4 heteroatoms. The van der Waals surface area contributed by atoms with Crippen molar-refractivity contribution in [2.75, 3.05) is 0 Å². The Balaban J connectivity index is 1.32. The average Bonchev–Trinajstić information content (AvgIpc) is 4.05. The molecule has 4 nitrogen and oxygen atoms in total. The Morgan fingerprint density at radius 1 is 0.321 bits per heavy atom. The fraction of sp³-hybridized carbons (Fsp3) is 0. The summed E-state index contributed by atoms with van der Waals surface area (Å²) in [6.07, 6.45) is 33.6. The number of aliphatic imine (C=N–C) groups is 4. The Morgan fingerprint density at radius 3 is 1.30 bits per heavy atom. The molecule has 9 rings (SSSR count). The second-order valence-corrected chi connectivity index (χ2v) is 13.6. The van der Waals surface area contributed by atoms with Crippen molar-refractivity contribution in [3.8, 4) is 0 Å². The summed E-state index contributed by atoms with van der Waals surface area (Å²) >= 11 is 0. The molecule has 0 saturated carbocycles. The van der Waals surface area contributed by atoms with Crippen molar-refractivity contribution in [3.05, 3.63) is 262 Å². The highest BCUT2D eigenvalue weighted by molar-refractivity contribution is 6.23. The summed E-state index contributed by atoms with van der Waals surface area (Å²) in [7, 11) is 0. The van der Waals surface area contributed by atoms with Crippen molar-refractivity contribution in [1.29, 1.82) is 0 Å². The summed E-state index contributed by atoms with van der Waals surface area (Å²) in [6, 6.07) is 41.5. The quantitative estimate of drug-likeness (QED) is 0.174. The molecule has 264 valence electrons. The van der Waals surface area contributed by atoms with Gasteiger partial charge in [0.1, 0.15) is 0 Å². The maximum absolute atomic E-state index is 5.51. The second-order valence-electron chi connectivity index (χ2n) is 13.6. The molecule has 0 aliphatic carbocycles. The Kier molecular flexibility index (Phi) is 9.66. The van der Waals surface area contributed by atoms with Gasteiger partial charge in [-0.25, -0.2) is 20.0 Å². The van der Waals surface area contributed by atoms with E-state index in [1.54, 1.807) is 0 Å². The molecule has 5 heterocycles. The van der Waals surface area contributed by atoms with E-state index in [4.69, 9.17) is 20.0 Å². The van der Waals surface area contributed by atoms with Crippen LogP contribution in [0.15, 0.2) is 259 Å². The van der Waals surface area contributed by atoms with Crippen LogP contribution in [0.3, 0.4) is 0 Å². The normalized spacial score (nSPS) is 17.6. The number of allylic oxidation sites excluding steroid dienone is 15. The van der Waals surface area contributed by atoms with Gasteiger partial charge < -0.3 is 0 Å². The molecule has 0 unspecified atom stereocenters. The molecular formula is C52H36N4. The van der Waals surface area contributed by atoms with E-state index in [9.17, 15) is 0 Å². The first-order valence-corrected chi connectivity index (χ1v) is 18.7. The summed E-state index contributed by atoms with van der Waals surface area (Å²) in [6.45, 7) is 0. The maximum Gasteiger partial charge on any atom is 0.0810 e. The SMILES string of the molecule is C1=CC2=NC1=CC1=NC(=C(C=Cc3ccccc3)C3=NC(=CC4=NC(=C2)C=C4)C=C3C=Cc2ccccc2)C(C=Cc2ccccc2)=C1C=Cc1ccccc1. The van der Waals surface area contributed by atoms with Crippen LogP contribution in [0.4, 0.5) is 0 Å². The first-order chi connectivity index (χ1) is 27.7. The van der Waals surface area contributed by atoms with Crippen LogP contribution in [-0.4, -0.2) is 22.8 Å². The van der Waals surface area contributed by atoms with Gasteiger partial charge in [-0.3, -0.25) is 0 Å². The van der Waals surface area contributed by atoms with Crippen molar-refractivity contribution >= 4 is 47.2 Å². The van der Waals surface area contributed by atoms with E-state index in [0.29, 0.717) is 0 Å². The molecule has 8 bridgehead atoms. The highest BCUT2D eigenvalue weighted by atomic mass is 14.9. The molecule has 4 aromatic rings. The molecule has 0 amide bonds. The van der Waals surface area contributed by atoms with Gasteiger partial charge in [-0.1, -0.05) is 164 Å². The van der Waals surface area contributed by atoms with Crippen molar-refractivity contribution < 1.29 is 0 Å². The molecule has 0 N–H and O–H groups in total. The third kappa shape index (κ3) is 7.86. The lowest BCUT2D eigenvalue weighted by molar-refractivity contribution is 1.35. The van der Waals surface area contributed by atoms with E-state index in [2.05, 4.69) is 158 Å².